The van der Waals surface area contributed by atoms with Gasteiger partial charge in [-0.15, -0.1) is 0 Å². The Kier molecular flexibility index (Phi) is 6.63. The van der Waals surface area contributed by atoms with Gasteiger partial charge >= 0.3 is 0 Å². The van der Waals surface area contributed by atoms with E-state index in [1.165, 1.54) is 25.1 Å². The molecular weight excluding hydrogens is 394 g/mol. The zero-order chi connectivity index (χ0) is 21.9. The predicted octanol–water partition coefficient (Wildman–Crippen LogP) is 3.24. The lowest BCUT2D eigenvalue weighted by molar-refractivity contribution is -0.384. The van der Waals surface area contributed by atoms with Crippen molar-refractivity contribution in [3.8, 4) is 0 Å². The number of nitrogens with zero attached hydrogens (tertiary/aromatic N) is 2. The number of non-ortho nitro benzene ring substituents is 1. The topological polar surface area (TPSA) is 110 Å². The second-order valence-corrected chi connectivity index (χ2v) is 8.95. The van der Waals surface area contributed by atoms with Gasteiger partial charge < -0.3 is 5.32 Å². The Labute approximate surface area is 170 Å². The Morgan fingerprint density at radius 2 is 1.76 bits per heavy atom. The highest BCUT2D eigenvalue weighted by Crippen LogP contribution is 2.26. The molecule has 156 valence electrons. The minimum atomic E-state index is -3.87. The molecule has 2 atom stereocenters. The molecule has 29 heavy (non-hydrogen) atoms. The van der Waals surface area contributed by atoms with E-state index in [9.17, 15) is 23.3 Å². The maximum absolute atomic E-state index is 12.8. The summed E-state index contributed by atoms with van der Waals surface area (Å²) in [6.45, 7) is 7.23. The van der Waals surface area contributed by atoms with Crippen LogP contribution in [-0.4, -0.2) is 31.5 Å². The van der Waals surface area contributed by atoms with Crippen molar-refractivity contribution in [1.82, 2.24) is 5.32 Å². The number of aryl methyl sites for hydroxylation is 2. The molecule has 9 heteroatoms. The van der Waals surface area contributed by atoms with Crippen LogP contribution >= 0.6 is 0 Å². The molecular formula is C20H25N3O5S. The number of rotatable bonds is 7. The van der Waals surface area contributed by atoms with Gasteiger partial charge in [-0.3, -0.25) is 19.2 Å². The second kappa shape index (κ2) is 8.60. The van der Waals surface area contributed by atoms with Gasteiger partial charge in [0.15, 0.2) is 0 Å². The zero-order valence-electron chi connectivity index (χ0n) is 17.0. The minimum absolute atomic E-state index is 0.0585. The van der Waals surface area contributed by atoms with Crippen LogP contribution in [0.3, 0.4) is 0 Å². The summed E-state index contributed by atoms with van der Waals surface area (Å²) in [5.41, 5.74) is 2.92. The van der Waals surface area contributed by atoms with Crippen molar-refractivity contribution in [2.45, 2.75) is 39.8 Å². The molecule has 0 heterocycles. The molecule has 0 saturated heterocycles. The number of amides is 1. The molecule has 0 aromatic heterocycles. The largest absolute Gasteiger partial charge is 0.348 e. The molecule has 2 aromatic carbocycles. The van der Waals surface area contributed by atoms with E-state index in [1.807, 2.05) is 39.0 Å². The molecule has 1 amide bonds. The van der Waals surface area contributed by atoms with Crippen molar-refractivity contribution in [2.75, 3.05) is 10.6 Å². The molecule has 1 N–H and O–H groups in total. The van der Waals surface area contributed by atoms with Crippen LogP contribution in [0.15, 0.2) is 42.5 Å². The van der Waals surface area contributed by atoms with Crippen LogP contribution in [0.1, 0.15) is 36.6 Å². The average molecular weight is 420 g/mol. The normalized spacial score (nSPS) is 13.4. The first-order valence-electron chi connectivity index (χ1n) is 9.03. The number of carbonyl (C=O) groups excluding carboxylic acids is 1. The molecule has 2 aromatic rings. The number of nitrogens with one attached hydrogen (secondary N) is 1. The highest BCUT2D eigenvalue weighted by atomic mass is 32.2. The van der Waals surface area contributed by atoms with E-state index in [0.717, 1.165) is 33.3 Å². The molecule has 0 saturated carbocycles. The van der Waals surface area contributed by atoms with Crippen molar-refractivity contribution in [1.29, 1.82) is 0 Å². The molecule has 0 aliphatic carbocycles. The molecule has 0 aliphatic heterocycles. The molecule has 2 rings (SSSR count). The van der Waals surface area contributed by atoms with Gasteiger partial charge in [-0.1, -0.05) is 24.3 Å². The zero-order valence-corrected chi connectivity index (χ0v) is 17.9. The summed E-state index contributed by atoms with van der Waals surface area (Å²) in [5, 5.41) is 13.9. The van der Waals surface area contributed by atoms with Crippen LogP contribution < -0.4 is 9.62 Å². The van der Waals surface area contributed by atoms with Crippen molar-refractivity contribution in [2.24, 2.45) is 0 Å². The molecule has 0 spiro atoms. The number of hydrogen-bond acceptors (Lipinski definition) is 5. The first-order valence-corrected chi connectivity index (χ1v) is 10.9. The fraction of sp³-hybridized carbons (Fsp3) is 0.350. The van der Waals surface area contributed by atoms with Gasteiger partial charge in [0.2, 0.25) is 15.9 Å². The first kappa shape index (κ1) is 22.4. The Morgan fingerprint density at radius 1 is 1.10 bits per heavy atom. The maximum atomic E-state index is 12.8. The summed E-state index contributed by atoms with van der Waals surface area (Å²) in [4.78, 5) is 23.2. The quantitative estimate of drug-likeness (QED) is 0.547. The Hall–Kier alpha value is -2.94. The number of nitro benzene ring substituents is 1. The highest BCUT2D eigenvalue weighted by molar-refractivity contribution is 7.92. The van der Waals surface area contributed by atoms with Crippen LogP contribution in [0.2, 0.25) is 0 Å². The number of anilines is 1. The van der Waals surface area contributed by atoms with Crippen molar-refractivity contribution < 1.29 is 18.1 Å². The summed E-state index contributed by atoms with van der Waals surface area (Å²) in [5.74, 6) is -0.507. The van der Waals surface area contributed by atoms with E-state index in [-0.39, 0.29) is 17.4 Å². The van der Waals surface area contributed by atoms with Crippen molar-refractivity contribution in [3.63, 3.8) is 0 Å². The highest BCUT2D eigenvalue weighted by Gasteiger charge is 2.30. The van der Waals surface area contributed by atoms with E-state index < -0.39 is 26.9 Å². The van der Waals surface area contributed by atoms with E-state index in [0.29, 0.717) is 0 Å². The maximum Gasteiger partial charge on any atom is 0.271 e. The lowest BCUT2D eigenvalue weighted by atomic mass is 10.0. The molecule has 8 nitrogen and oxygen atoms in total. The monoisotopic (exact) mass is 419 g/mol. The summed E-state index contributed by atoms with van der Waals surface area (Å²) in [6.07, 6.45) is 0.961. The van der Waals surface area contributed by atoms with Gasteiger partial charge in [0, 0.05) is 12.1 Å². The standard InChI is InChI=1S/C20H25N3O5S/c1-13-9-10-17(11-14(13)2)15(3)21-20(24)16(4)22(29(5,27)28)18-7-6-8-19(12-18)23(25)26/h6-12,15-16H,1-5H3,(H,21,24)/t15-,16+/m1/s1. The van der Waals surface area contributed by atoms with Gasteiger partial charge in [0.05, 0.1) is 22.9 Å². The van der Waals surface area contributed by atoms with Crippen LogP contribution in [0.5, 0.6) is 0 Å². The lowest BCUT2D eigenvalue weighted by Gasteiger charge is -2.29. The van der Waals surface area contributed by atoms with Crippen LogP contribution in [0, 0.1) is 24.0 Å². The van der Waals surface area contributed by atoms with Crippen molar-refractivity contribution in [3.05, 3.63) is 69.3 Å². The molecule has 0 unspecified atom stereocenters. The molecule has 0 bridgehead atoms. The number of sulfonamides is 1. The summed E-state index contributed by atoms with van der Waals surface area (Å²) < 4.78 is 25.6. The third-order valence-electron chi connectivity index (χ3n) is 4.77. The first-order chi connectivity index (χ1) is 13.4. The average Bonchev–Trinajstić information content (AvgIpc) is 2.63. The Balaban J connectivity index is 2.30. The predicted molar refractivity (Wildman–Crippen MR) is 112 cm³/mol. The Bertz CT molecular complexity index is 1040. The van der Waals surface area contributed by atoms with Gasteiger partial charge in [0.25, 0.3) is 5.69 Å². The van der Waals surface area contributed by atoms with E-state index in [4.69, 9.17) is 0 Å². The molecule has 0 aliphatic rings. The third kappa shape index (κ3) is 5.32. The Morgan fingerprint density at radius 3 is 2.31 bits per heavy atom. The third-order valence-corrected chi connectivity index (χ3v) is 6.01. The summed E-state index contributed by atoms with van der Waals surface area (Å²) >= 11 is 0. The smallest absolute Gasteiger partial charge is 0.271 e. The second-order valence-electron chi connectivity index (χ2n) is 7.09. The van der Waals surface area contributed by atoms with E-state index in [2.05, 4.69) is 5.32 Å². The number of hydrogen-bond donors (Lipinski definition) is 1. The van der Waals surface area contributed by atoms with Gasteiger partial charge in [0.1, 0.15) is 6.04 Å². The van der Waals surface area contributed by atoms with Gasteiger partial charge in [-0.2, -0.15) is 0 Å². The minimum Gasteiger partial charge on any atom is -0.348 e. The van der Waals surface area contributed by atoms with E-state index >= 15 is 0 Å². The number of carbonyl (C=O) groups is 1. The lowest BCUT2D eigenvalue weighted by Crippen LogP contribution is -2.48. The summed E-state index contributed by atoms with van der Waals surface area (Å²) in [6, 6.07) is 9.61. The molecule has 0 radical (unpaired) electrons. The number of nitro groups is 1. The number of benzene rings is 2. The fourth-order valence-corrected chi connectivity index (χ4v) is 4.17. The molecule has 0 fully saturated rings. The van der Waals surface area contributed by atoms with Crippen molar-refractivity contribution >= 4 is 27.3 Å². The van der Waals surface area contributed by atoms with E-state index in [1.54, 1.807) is 0 Å². The van der Waals surface area contributed by atoms with Crippen LogP contribution in [0.4, 0.5) is 11.4 Å². The fourth-order valence-electron chi connectivity index (χ4n) is 3.00. The SMILES string of the molecule is Cc1ccc([C@@H](C)NC(=O)[C@H](C)N(c2cccc([N+](=O)[O-])c2)S(C)(=O)=O)cc1C. The van der Waals surface area contributed by atoms with Crippen LogP contribution in [-0.2, 0) is 14.8 Å². The van der Waals surface area contributed by atoms with Crippen LogP contribution in [0.25, 0.3) is 0 Å². The summed E-state index contributed by atoms with van der Waals surface area (Å²) in [7, 11) is -3.87. The van der Waals surface area contributed by atoms with Gasteiger partial charge in [-0.25, -0.2) is 8.42 Å². The van der Waals surface area contributed by atoms with Gasteiger partial charge in [-0.05, 0) is 50.5 Å².